The molecule has 2 aromatic rings. The Balaban J connectivity index is 2.15. The first-order chi connectivity index (χ1) is 11.8. The quantitative estimate of drug-likeness (QED) is 0.638. The van der Waals surface area contributed by atoms with Crippen molar-refractivity contribution in [1.82, 2.24) is 0 Å². The van der Waals surface area contributed by atoms with E-state index in [0.29, 0.717) is 0 Å². The van der Waals surface area contributed by atoms with Crippen LogP contribution >= 0.6 is 0 Å². The number of non-ortho nitro benzene ring substituents is 1. The van der Waals surface area contributed by atoms with E-state index in [-0.39, 0.29) is 22.9 Å². The molecule has 0 aliphatic heterocycles. The van der Waals surface area contributed by atoms with Gasteiger partial charge in [-0.05, 0) is 37.6 Å². The zero-order valence-electron chi connectivity index (χ0n) is 13.9. The third-order valence-electron chi connectivity index (χ3n) is 3.41. The molecule has 0 saturated carbocycles. The average molecular weight is 348 g/mol. The molecule has 0 fully saturated rings. The number of nitro groups is 1. The molecular weight excluding hydrogens is 331 g/mol. The number of hydrogen-bond acceptors (Lipinski definition) is 5. The maximum absolute atomic E-state index is 13.8. The minimum atomic E-state index is -1.03. The molecule has 1 atom stereocenters. The molecule has 2 rings (SSSR count). The highest BCUT2D eigenvalue weighted by Gasteiger charge is 2.20. The smallest absolute Gasteiger partial charge is 0.273 e. The molecule has 0 aliphatic rings. The highest BCUT2D eigenvalue weighted by atomic mass is 19.1. The van der Waals surface area contributed by atoms with Gasteiger partial charge in [-0.1, -0.05) is 6.07 Å². The number of ether oxygens (including phenoxy) is 2. The molecule has 0 spiro atoms. The zero-order chi connectivity index (χ0) is 18.6. The van der Waals surface area contributed by atoms with Crippen molar-refractivity contribution in [1.29, 1.82) is 0 Å². The molecule has 0 aliphatic carbocycles. The van der Waals surface area contributed by atoms with Crippen molar-refractivity contribution in [2.75, 3.05) is 12.4 Å². The van der Waals surface area contributed by atoms with Crippen LogP contribution in [0.2, 0.25) is 0 Å². The van der Waals surface area contributed by atoms with E-state index in [2.05, 4.69) is 5.32 Å². The van der Waals surface area contributed by atoms with Crippen LogP contribution in [-0.4, -0.2) is 24.0 Å². The molecule has 0 saturated heterocycles. The van der Waals surface area contributed by atoms with Gasteiger partial charge >= 0.3 is 0 Å². The summed E-state index contributed by atoms with van der Waals surface area (Å²) >= 11 is 0. The molecule has 7 nitrogen and oxygen atoms in total. The van der Waals surface area contributed by atoms with Crippen LogP contribution in [0.3, 0.4) is 0 Å². The molecule has 0 heterocycles. The number of carbonyl (C=O) groups is 1. The Hall–Kier alpha value is -3.16. The maximum Gasteiger partial charge on any atom is 0.273 e. The largest absolute Gasteiger partial charge is 0.493 e. The van der Waals surface area contributed by atoms with Gasteiger partial charge in [0.05, 0.1) is 23.8 Å². The molecule has 0 bridgehead atoms. The summed E-state index contributed by atoms with van der Waals surface area (Å²) in [4.78, 5) is 22.5. The Labute approximate surface area is 143 Å². The van der Waals surface area contributed by atoms with Gasteiger partial charge in [0.15, 0.2) is 17.6 Å². The number of carbonyl (C=O) groups excluding carboxylic acids is 1. The van der Waals surface area contributed by atoms with Gasteiger partial charge < -0.3 is 14.8 Å². The van der Waals surface area contributed by atoms with Gasteiger partial charge in [0.25, 0.3) is 11.6 Å². The van der Waals surface area contributed by atoms with E-state index in [0.717, 1.165) is 11.6 Å². The topological polar surface area (TPSA) is 90.7 Å². The van der Waals surface area contributed by atoms with Crippen LogP contribution in [-0.2, 0) is 4.79 Å². The second-order valence-corrected chi connectivity index (χ2v) is 5.32. The Morgan fingerprint density at radius 1 is 1.24 bits per heavy atom. The lowest BCUT2D eigenvalue weighted by atomic mass is 10.2. The van der Waals surface area contributed by atoms with Crippen molar-refractivity contribution in [2.45, 2.75) is 20.0 Å². The van der Waals surface area contributed by atoms with E-state index in [1.54, 1.807) is 13.0 Å². The monoisotopic (exact) mass is 348 g/mol. The van der Waals surface area contributed by atoms with Crippen LogP contribution in [0.5, 0.6) is 11.5 Å². The van der Waals surface area contributed by atoms with Crippen molar-refractivity contribution in [3.63, 3.8) is 0 Å². The second kappa shape index (κ2) is 7.61. The predicted octanol–water partition coefficient (Wildman–Crippen LogP) is 3.46. The van der Waals surface area contributed by atoms with E-state index in [1.807, 2.05) is 0 Å². The third-order valence-corrected chi connectivity index (χ3v) is 3.41. The minimum Gasteiger partial charge on any atom is -0.493 e. The number of rotatable bonds is 6. The molecule has 0 aromatic heterocycles. The second-order valence-electron chi connectivity index (χ2n) is 5.32. The number of halogens is 1. The summed E-state index contributed by atoms with van der Waals surface area (Å²) in [6.45, 7) is 3.18. The summed E-state index contributed by atoms with van der Waals surface area (Å²) in [5.74, 6) is -0.875. The van der Waals surface area contributed by atoms with E-state index >= 15 is 0 Å². The number of benzene rings is 2. The summed E-state index contributed by atoms with van der Waals surface area (Å²) in [7, 11) is 1.38. The molecule has 1 N–H and O–H groups in total. The molecule has 8 heteroatoms. The van der Waals surface area contributed by atoms with Gasteiger partial charge in [0.2, 0.25) is 0 Å². The number of hydrogen-bond donors (Lipinski definition) is 1. The van der Waals surface area contributed by atoms with Gasteiger partial charge in [-0.2, -0.15) is 0 Å². The summed E-state index contributed by atoms with van der Waals surface area (Å²) in [5.41, 5.74) is 0.547. The third kappa shape index (κ3) is 4.43. The predicted molar refractivity (Wildman–Crippen MR) is 89.5 cm³/mol. The van der Waals surface area contributed by atoms with Gasteiger partial charge in [-0.25, -0.2) is 4.39 Å². The first-order valence-electron chi connectivity index (χ1n) is 7.38. The van der Waals surface area contributed by atoms with Crippen molar-refractivity contribution in [3.8, 4) is 11.5 Å². The summed E-state index contributed by atoms with van der Waals surface area (Å²) in [6, 6.07) is 8.20. The average Bonchev–Trinajstić information content (AvgIpc) is 2.57. The van der Waals surface area contributed by atoms with Crippen molar-refractivity contribution >= 4 is 17.3 Å². The van der Waals surface area contributed by atoms with E-state index in [4.69, 9.17) is 9.47 Å². The molecule has 0 radical (unpaired) electrons. The Morgan fingerprint density at radius 3 is 2.56 bits per heavy atom. The standard InChI is InChI=1S/C17H17FN2O5/c1-10-4-6-14(13(18)8-10)19-17(21)11(2)25-16-9-12(20(22)23)5-7-15(16)24-3/h4-9,11H,1-3H3,(H,19,21). The highest BCUT2D eigenvalue weighted by Crippen LogP contribution is 2.32. The Bertz CT molecular complexity index is 810. The molecule has 132 valence electrons. The number of nitro benzene ring substituents is 1. The van der Waals surface area contributed by atoms with Crippen molar-refractivity contribution in [3.05, 3.63) is 57.9 Å². The summed E-state index contributed by atoms with van der Waals surface area (Å²) in [6.07, 6.45) is -1.03. The van der Waals surface area contributed by atoms with Crippen LogP contribution in [0.4, 0.5) is 15.8 Å². The zero-order valence-corrected chi connectivity index (χ0v) is 13.9. The number of aryl methyl sites for hydroxylation is 1. The van der Waals surface area contributed by atoms with Crippen molar-refractivity contribution < 1.29 is 23.6 Å². The van der Waals surface area contributed by atoms with Gasteiger partial charge in [0.1, 0.15) is 5.82 Å². The minimum absolute atomic E-state index is 0.0251. The highest BCUT2D eigenvalue weighted by molar-refractivity contribution is 5.94. The Kier molecular flexibility index (Phi) is 5.53. The summed E-state index contributed by atoms with van der Waals surface area (Å²) in [5, 5.41) is 13.3. The molecular formula is C17H17FN2O5. The fourth-order valence-electron chi connectivity index (χ4n) is 2.07. The summed E-state index contributed by atoms with van der Waals surface area (Å²) < 4.78 is 24.3. The van der Waals surface area contributed by atoms with Crippen LogP contribution in [0.25, 0.3) is 0 Å². The van der Waals surface area contributed by atoms with E-state index in [9.17, 15) is 19.3 Å². The van der Waals surface area contributed by atoms with Gasteiger partial charge in [-0.15, -0.1) is 0 Å². The molecule has 25 heavy (non-hydrogen) atoms. The van der Waals surface area contributed by atoms with Crippen LogP contribution in [0, 0.1) is 22.9 Å². The molecule has 2 aromatic carbocycles. The SMILES string of the molecule is COc1ccc([N+](=O)[O-])cc1OC(C)C(=O)Nc1ccc(C)cc1F. The molecule has 1 amide bonds. The first kappa shape index (κ1) is 18.2. The number of nitrogens with one attached hydrogen (secondary N) is 1. The number of methoxy groups -OCH3 is 1. The van der Waals surface area contributed by atoms with Gasteiger partial charge in [0, 0.05) is 6.07 Å². The fraction of sp³-hybridized carbons (Fsp3) is 0.235. The fourth-order valence-corrected chi connectivity index (χ4v) is 2.07. The number of nitrogens with zero attached hydrogens (tertiary/aromatic N) is 1. The first-order valence-corrected chi connectivity index (χ1v) is 7.38. The van der Waals surface area contributed by atoms with Crippen LogP contribution in [0.1, 0.15) is 12.5 Å². The Morgan fingerprint density at radius 2 is 1.96 bits per heavy atom. The molecule has 1 unspecified atom stereocenters. The lowest BCUT2D eigenvalue weighted by Gasteiger charge is -2.17. The van der Waals surface area contributed by atoms with Crippen molar-refractivity contribution in [2.24, 2.45) is 0 Å². The lowest BCUT2D eigenvalue weighted by Crippen LogP contribution is -2.30. The van der Waals surface area contributed by atoms with Gasteiger partial charge in [-0.3, -0.25) is 14.9 Å². The van der Waals surface area contributed by atoms with E-state index < -0.39 is 22.8 Å². The van der Waals surface area contributed by atoms with E-state index in [1.165, 1.54) is 38.3 Å². The number of anilines is 1. The lowest BCUT2D eigenvalue weighted by molar-refractivity contribution is -0.385. The number of amides is 1. The normalized spacial score (nSPS) is 11.5. The van der Waals surface area contributed by atoms with Crippen LogP contribution in [0.15, 0.2) is 36.4 Å². The van der Waals surface area contributed by atoms with Crippen LogP contribution < -0.4 is 14.8 Å². The maximum atomic E-state index is 13.8.